The van der Waals surface area contributed by atoms with Gasteiger partial charge in [0.1, 0.15) is 6.04 Å². The molecule has 1 rings (SSSR count). The Morgan fingerprint density at radius 1 is 1.56 bits per heavy atom. The van der Waals surface area contributed by atoms with Crippen LogP contribution < -0.4 is 5.32 Å². The van der Waals surface area contributed by atoms with Crippen molar-refractivity contribution in [1.82, 2.24) is 15.1 Å². The topological polar surface area (TPSA) is 55.8 Å². The smallest absolute Gasteiger partial charge is 0.242 e. The first kappa shape index (κ1) is 13.4. The monoisotopic (exact) mass is 229 g/mol. The number of aliphatic hydroxyl groups excluding tert-OH is 1. The van der Waals surface area contributed by atoms with E-state index in [4.69, 9.17) is 5.11 Å². The molecule has 0 radical (unpaired) electrons. The van der Waals surface area contributed by atoms with E-state index in [1.807, 2.05) is 32.8 Å². The maximum atomic E-state index is 11.9. The number of hydrogen-bond acceptors (Lipinski definition) is 4. The average Bonchev–Trinajstić information content (AvgIpc) is 2.18. The van der Waals surface area contributed by atoms with Gasteiger partial charge in [-0.05, 0) is 27.9 Å². The van der Waals surface area contributed by atoms with Gasteiger partial charge in [-0.1, -0.05) is 0 Å². The van der Waals surface area contributed by atoms with Gasteiger partial charge in [-0.15, -0.1) is 0 Å². The fourth-order valence-corrected chi connectivity index (χ4v) is 1.99. The van der Waals surface area contributed by atoms with E-state index >= 15 is 0 Å². The highest BCUT2D eigenvalue weighted by molar-refractivity contribution is 5.83. The first-order valence-electron chi connectivity index (χ1n) is 5.68. The van der Waals surface area contributed by atoms with Crippen LogP contribution in [0, 0.1) is 0 Å². The Kier molecular flexibility index (Phi) is 4.29. The van der Waals surface area contributed by atoms with Crippen molar-refractivity contribution in [1.29, 1.82) is 0 Å². The van der Waals surface area contributed by atoms with E-state index in [0.29, 0.717) is 13.1 Å². The van der Waals surface area contributed by atoms with Crippen molar-refractivity contribution in [3.8, 4) is 0 Å². The number of piperazine rings is 1. The minimum Gasteiger partial charge on any atom is -0.394 e. The molecule has 0 aromatic carbocycles. The van der Waals surface area contributed by atoms with Gasteiger partial charge in [0.2, 0.25) is 5.91 Å². The van der Waals surface area contributed by atoms with E-state index in [1.54, 1.807) is 0 Å². The van der Waals surface area contributed by atoms with E-state index < -0.39 is 6.04 Å². The second kappa shape index (κ2) is 5.12. The summed E-state index contributed by atoms with van der Waals surface area (Å²) >= 11 is 0. The summed E-state index contributed by atoms with van der Waals surface area (Å²) < 4.78 is 0. The lowest BCUT2D eigenvalue weighted by Crippen LogP contribution is -2.66. The second-order valence-corrected chi connectivity index (χ2v) is 5.33. The SMILES string of the molecule is CN(C)CCN1CC(C)(C)NC(CO)C1=O. The zero-order valence-electron chi connectivity index (χ0n) is 10.7. The Bertz CT molecular complexity index is 254. The van der Waals surface area contributed by atoms with Crippen LogP contribution in [0.25, 0.3) is 0 Å². The normalized spacial score (nSPS) is 25.2. The molecule has 5 heteroatoms. The lowest BCUT2D eigenvalue weighted by molar-refractivity contribution is -0.140. The fourth-order valence-electron chi connectivity index (χ4n) is 1.99. The fraction of sp³-hybridized carbons (Fsp3) is 0.909. The molecule has 1 aliphatic heterocycles. The van der Waals surface area contributed by atoms with Gasteiger partial charge in [-0.25, -0.2) is 0 Å². The molecule has 1 amide bonds. The lowest BCUT2D eigenvalue weighted by Gasteiger charge is -2.43. The summed E-state index contributed by atoms with van der Waals surface area (Å²) in [5.74, 6) is 0.00340. The van der Waals surface area contributed by atoms with E-state index in [2.05, 4.69) is 10.2 Å². The van der Waals surface area contributed by atoms with E-state index in [-0.39, 0.29) is 18.1 Å². The molecule has 1 heterocycles. The van der Waals surface area contributed by atoms with Crippen molar-refractivity contribution in [2.45, 2.75) is 25.4 Å². The number of aliphatic hydroxyl groups is 1. The summed E-state index contributed by atoms with van der Waals surface area (Å²) in [4.78, 5) is 15.8. The molecule has 0 aromatic rings. The first-order chi connectivity index (χ1) is 7.35. The van der Waals surface area contributed by atoms with Crippen molar-refractivity contribution in [2.75, 3.05) is 40.3 Å². The molecule has 0 aliphatic carbocycles. The molecule has 1 aliphatic rings. The quantitative estimate of drug-likeness (QED) is 0.657. The van der Waals surface area contributed by atoms with Gasteiger partial charge in [-0.2, -0.15) is 0 Å². The molecule has 0 spiro atoms. The number of nitrogens with zero attached hydrogens (tertiary/aromatic N) is 2. The number of nitrogens with one attached hydrogen (secondary N) is 1. The second-order valence-electron chi connectivity index (χ2n) is 5.33. The van der Waals surface area contributed by atoms with Crippen molar-refractivity contribution >= 4 is 5.91 Å². The van der Waals surface area contributed by atoms with Crippen molar-refractivity contribution < 1.29 is 9.90 Å². The molecule has 0 bridgehead atoms. The van der Waals surface area contributed by atoms with E-state index in [9.17, 15) is 4.79 Å². The Morgan fingerprint density at radius 3 is 2.69 bits per heavy atom. The minimum absolute atomic E-state index is 0.00340. The summed E-state index contributed by atoms with van der Waals surface area (Å²) in [6, 6.07) is -0.453. The van der Waals surface area contributed by atoms with Crippen LogP contribution in [0.15, 0.2) is 0 Å². The zero-order valence-corrected chi connectivity index (χ0v) is 10.7. The maximum Gasteiger partial charge on any atom is 0.242 e. The van der Waals surface area contributed by atoms with Gasteiger partial charge in [0, 0.05) is 25.2 Å². The molecule has 1 fully saturated rings. The van der Waals surface area contributed by atoms with Crippen LogP contribution in [-0.4, -0.2) is 72.7 Å². The van der Waals surface area contributed by atoms with Gasteiger partial charge in [-0.3, -0.25) is 10.1 Å². The summed E-state index contributed by atoms with van der Waals surface area (Å²) in [6.45, 7) is 6.21. The largest absolute Gasteiger partial charge is 0.394 e. The van der Waals surface area contributed by atoms with Gasteiger partial charge >= 0.3 is 0 Å². The zero-order chi connectivity index (χ0) is 12.3. The van der Waals surface area contributed by atoms with Crippen LogP contribution in [0.3, 0.4) is 0 Å². The van der Waals surface area contributed by atoms with Crippen LogP contribution in [-0.2, 0) is 4.79 Å². The highest BCUT2D eigenvalue weighted by Crippen LogP contribution is 2.14. The Balaban J connectivity index is 2.63. The number of rotatable bonds is 4. The summed E-state index contributed by atoms with van der Waals surface area (Å²) in [7, 11) is 3.97. The number of carbonyl (C=O) groups excluding carboxylic acids is 1. The molecule has 1 saturated heterocycles. The maximum absolute atomic E-state index is 11.9. The van der Waals surface area contributed by atoms with E-state index in [1.165, 1.54) is 0 Å². The van der Waals surface area contributed by atoms with Crippen molar-refractivity contribution in [3.63, 3.8) is 0 Å². The Morgan fingerprint density at radius 2 is 2.19 bits per heavy atom. The van der Waals surface area contributed by atoms with Crippen LogP contribution in [0.1, 0.15) is 13.8 Å². The van der Waals surface area contributed by atoms with Gasteiger partial charge in [0.05, 0.1) is 6.61 Å². The summed E-state index contributed by atoms with van der Waals surface area (Å²) in [6.07, 6.45) is 0. The number of carbonyl (C=O) groups is 1. The number of likely N-dealkylation sites (N-methyl/N-ethyl adjacent to an activating group) is 1. The number of amides is 1. The van der Waals surface area contributed by atoms with Gasteiger partial charge < -0.3 is 14.9 Å². The highest BCUT2D eigenvalue weighted by atomic mass is 16.3. The van der Waals surface area contributed by atoms with E-state index in [0.717, 1.165) is 6.54 Å². The molecule has 1 atom stereocenters. The Hall–Kier alpha value is -0.650. The summed E-state index contributed by atoms with van der Waals surface area (Å²) in [5.41, 5.74) is -0.131. The van der Waals surface area contributed by atoms with Crippen molar-refractivity contribution in [3.05, 3.63) is 0 Å². The molecule has 5 nitrogen and oxygen atoms in total. The van der Waals surface area contributed by atoms with Gasteiger partial charge in [0.15, 0.2) is 0 Å². The molecule has 0 aromatic heterocycles. The molecule has 16 heavy (non-hydrogen) atoms. The standard InChI is InChI=1S/C11H23N3O2/c1-11(2)8-14(6-5-13(3)4)10(16)9(7-15)12-11/h9,12,15H,5-8H2,1-4H3. The first-order valence-corrected chi connectivity index (χ1v) is 5.68. The lowest BCUT2D eigenvalue weighted by atomic mass is 9.98. The van der Waals surface area contributed by atoms with Crippen LogP contribution in [0.2, 0.25) is 0 Å². The molecular weight excluding hydrogens is 206 g/mol. The van der Waals surface area contributed by atoms with Gasteiger partial charge in [0.25, 0.3) is 0 Å². The highest BCUT2D eigenvalue weighted by Gasteiger charge is 2.37. The molecule has 1 unspecified atom stereocenters. The Labute approximate surface area is 97.4 Å². The molecular formula is C11H23N3O2. The van der Waals surface area contributed by atoms with Crippen LogP contribution >= 0.6 is 0 Å². The minimum atomic E-state index is -0.453. The van der Waals surface area contributed by atoms with Crippen molar-refractivity contribution in [2.24, 2.45) is 0 Å². The van der Waals surface area contributed by atoms with Crippen LogP contribution in [0.4, 0.5) is 0 Å². The third-order valence-electron chi connectivity index (χ3n) is 2.76. The predicted molar refractivity (Wildman–Crippen MR) is 63.2 cm³/mol. The molecule has 0 saturated carbocycles. The predicted octanol–water partition coefficient (Wildman–Crippen LogP) is -0.881. The number of hydrogen-bond donors (Lipinski definition) is 2. The van der Waals surface area contributed by atoms with Crippen LogP contribution in [0.5, 0.6) is 0 Å². The molecule has 94 valence electrons. The third kappa shape index (κ3) is 3.43. The summed E-state index contributed by atoms with van der Waals surface area (Å²) in [5, 5.41) is 12.3. The third-order valence-corrected chi connectivity index (χ3v) is 2.76. The average molecular weight is 229 g/mol. The molecule has 2 N–H and O–H groups in total.